The number of hydrogen-bond acceptors (Lipinski definition) is 8. The zero-order chi connectivity index (χ0) is 24.1. The molecule has 1 aliphatic heterocycles. The summed E-state index contributed by atoms with van der Waals surface area (Å²) in [6.45, 7) is 1.35. The van der Waals surface area contributed by atoms with Gasteiger partial charge in [0.2, 0.25) is 5.76 Å². The molecule has 0 radical (unpaired) electrons. The number of carboxylic acid groups (broad SMARTS) is 1. The van der Waals surface area contributed by atoms with Gasteiger partial charge < -0.3 is 29.1 Å². The van der Waals surface area contributed by atoms with Crippen LogP contribution in [-0.2, 0) is 20.9 Å². The number of esters is 1. The molecule has 2 heterocycles. The predicted octanol–water partition coefficient (Wildman–Crippen LogP) is 2.63. The van der Waals surface area contributed by atoms with Gasteiger partial charge in [-0.2, -0.15) is 0 Å². The van der Waals surface area contributed by atoms with Crippen LogP contribution in [0.25, 0.3) is 6.08 Å². The molecule has 0 spiro atoms. The first-order chi connectivity index (χ1) is 15.7. The van der Waals surface area contributed by atoms with Gasteiger partial charge in [0.05, 0.1) is 23.8 Å². The van der Waals surface area contributed by atoms with Crippen molar-refractivity contribution in [3.05, 3.63) is 50.6 Å². The van der Waals surface area contributed by atoms with Crippen molar-refractivity contribution in [2.45, 2.75) is 13.5 Å². The lowest BCUT2D eigenvalue weighted by Gasteiger charge is -2.13. The molecule has 33 heavy (non-hydrogen) atoms. The Labute approximate surface area is 201 Å². The van der Waals surface area contributed by atoms with Gasteiger partial charge in [0.25, 0.3) is 5.91 Å². The van der Waals surface area contributed by atoms with Crippen molar-refractivity contribution >= 4 is 52.5 Å². The summed E-state index contributed by atoms with van der Waals surface area (Å²) in [6.07, 6.45) is 1.47. The van der Waals surface area contributed by atoms with Gasteiger partial charge in [-0.05, 0) is 65.4 Å². The molecule has 0 bridgehead atoms. The van der Waals surface area contributed by atoms with Crippen LogP contribution in [0.4, 0.5) is 4.79 Å². The third-order valence-corrected chi connectivity index (χ3v) is 5.11. The molecule has 12 heteroatoms. The Balaban J connectivity index is 1.82. The lowest BCUT2D eigenvalue weighted by Crippen LogP contribution is -2.30. The molecule has 174 valence electrons. The van der Waals surface area contributed by atoms with Crippen molar-refractivity contribution in [2.75, 3.05) is 20.3 Å². The predicted molar refractivity (Wildman–Crippen MR) is 121 cm³/mol. The summed E-state index contributed by atoms with van der Waals surface area (Å²) < 4.78 is 21.3. The summed E-state index contributed by atoms with van der Waals surface area (Å²) >= 11 is 1.96. The highest BCUT2D eigenvalue weighted by atomic mass is 127. The van der Waals surface area contributed by atoms with Gasteiger partial charge in [0, 0.05) is 0 Å². The second kappa shape index (κ2) is 10.4. The number of aliphatic carboxylic acids is 1. The Morgan fingerprint density at radius 3 is 2.67 bits per heavy atom. The van der Waals surface area contributed by atoms with Crippen molar-refractivity contribution in [1.82, 2.24) is 10.2 Å². The summed E-state index contributed by atoms with van der Waals surface area (Å²) in [7, 11) is 1.21. The minimum absolute atomic E-state index is 0.0252. The fourth-order valence-electron chi connectivity index (χ4n) is 2.92. The number of amides is 3. The van der Waals surface area contributed by atoms with E-state index in [1.165, 1.54) is 25.3 Å². The van der Waals surface area contributed by atoms with Crippen LogP contribution in [0, 0.1) is 3.57 Å². The number of methoxy groups -OCH3 is 1. The van der Waals surface area contributed by atoms with Crippen molar-refractivity contribution in [2.24, 2.45) is 0 Å². The third kappa shape index (κ3) is 5.63. The van der Waals surface area contributed by atoms with E-state index < -0.39 is 30.5 Å². The number of carbonyl (C=O) groups excluding carboxylic acids is 3. The average Bonchev–Trinajstić information content (AvgIpc) is 3.33. The molecule has 1 aliphatic rings. The van der Waals surface area contributed by atoms with Crippen LogP contribution in [0.1, 0.15) is 28.8 Å². The highest BCUT2D eigenvalue weighted by Gasteiger charge is 2.34. The summed E-state index contributed by atoms with van der Waals surface area (Å²) in [4.78, 5) is 48.4. The van der Waals surface area contributed by atoms with Gasteiger partial charge in [-0.25, -0.2) is 14.4 Å². The molecule has 2 aromatic rings. The average molecular weight is 570 g/mol. The molecule has 0 atom stereocenters. The monoisotopic (exact) mass is 570 g/mol. The standard InChI is InChI=1S/C21H19IN2O9/c1-3-31-16-8-11(6-13(22)18(16)32-10-17(25)26)7-14-19(27)24(21(29)23-14)9-12-4-5-15(33-12)20(28)30-2/h4-8H,3,9-10H2,1-2H3,(H,23,29)(H,25,26)/b14-7-. The second-order valence-corrected chi connectivity index (χ2v) is 7.74. The summed E-state index contributed by atoms with van der Waals surface area (Å²) in [6, 6.07) is 5.45. The fourth-order valence-corrected chi connectivity index (χ4v) is 3.70. The van der Waals surface area contributed by atoms with E-state index in [1.54, 1.807) is 19.1 Å². The Bertz CT molecular complexity index is 1140. The second-order valence-electron chi connectivity index (χ2n) is 6.58. The molecule has 2 N–H and O–H groups in total. The first kappa shape index (κ1) is 24.1. The zero-order valence-corrected chi connectivity index (χ0v) is 19.7. The molecule has 1 fully saturated rings. The fraction of sp³-hybridized carbons (Fsp3) is 0.238. The third-order valence-electron chi connectivity index (χ3n) is 4.31. The van der Waals surface area contributed by atoms with Gasteiger partial charge >= 0.3 is 18.0 Å². The minimum Gasteiger partial charge on any atom is -0.490 e. The topological polar surface area (TPSA) is 145 Å². The number of carboxylic acids is 1. The first-order valence-electron chi connectivity index (χ1n) is 9.56. The number of ether oxygens (including phenoxy) is 3. The number of urea groups is 1. The Morgan fingerprint density at radius 2 is 2.00 bits per heavy atom. The van der Waals surface area contributed by atoms with E-state index in [4.69, 9.17) is 19.0 Å². The maximum atomic E-state index is 12.8. The van der Waals surface area contributed by atoms with E-state index in [-0.39, 0.29) is 29.5 Å². The first-order valence-corrected chi connectivity index (χ1v) is 10.6. The summed E-state index contributed by atoms with van der Waals surface area (Å²) in [5.41, 5.74) is 0.555. The molecule has 1 saturated heterocycles. The Kier molecular flexibility index (Phi) is 7.58. The normalized spacial score (nSPS) is 14.4. The maximum Gasteiger partial charge on any atom is 0.373 e. The van der Waals surface area contributed by atoms with Crippen molar-refractivity contribution < 1.29 is 42.9 Å². The van der Waals surface area contributed by atoms with Gasteiger partial charge in [-0.1, -0.05) is 0 Å². The van der Waals surface area contributed by atoms with Crippen molar-refractivity contribution in [3.8, 4) is 11.5 Å². The Hall–Kier alpha value is -3.55. The van der Waals surface area contributed by atoms with E-state index in [0.29, 0.717) is 21.5 Å². The van der Waals surface area contributed by atoms with Gasteiger partial charge in [-0.15, -0.1) is 0 Å². The lowest BCUT2D eigenvalue weighted by atomic mass is 10.1. The van der Waals surface area contributed by atoms with Gasteiger partial charge in [0.15, 0.2) is 18.1 Å². The lowest BCUT2D eigenvalue weighted by molar-refractivity contribution is -0.139. The maximum absolute atomic E-state index is 12.8. The molecule has 1 aromatic carbocycles. The smallest absolute Gasteiger partial charge is 0.373 e. The SMILES string of the molecule is CCOc1cc(/C=C2\NC(=O)N(Cc3ccc(C(=O)OC)o3)C2=O)cc(I)c1OCC(=O)O. The van der Waals surface area contributed by atoms with Crippen LogP contribution in [0.2, 0.25) is 0 Å². The summed E-state index contributed by atoms with van der Waals surface area (Å²) in [5, 5.41) is 11.4. The van der Waals surface area contributed by atoms with Crippen LogP contribution >= 0.6 is 22.6 Å². The quantitative estimate of drug-likeness (QED) is 0.201. The number of nitrogens with zero attached hydrogens (tertiary/aromatic N) is 1. The van der Waals surface area contributed by atoms with E-state index in [0.717, 1.165) is 4.90 Å². The molecule has 3 rings (SSSR count). The number of nitrogens with one attached hydrogen (secondary N) is 1. The molecular formula is C21H19IN2O9. The molecule has 11 nitrogen and oxygen atoms in total. The Morgan fingerprint density at radius 1 is 1.24 bits per heavy atom. The van der Waals surface area contributed by atoms with Crippen molar-refractivity contribution in [3.63, 3.8) is 0 Å². The number of hydrogen-bond donors (Lipinski definition) is 2. The van der Waals surface area contributed by atoms with Gasteiger partial charge in [-0.3, -0.25) is 9.69 Å². The minimum atomic E-state index is -1.13. The molecule has 0 unspecified atom stereocenters. The van der Waals surface area contributed by atoms with E-state index in [1.807, 2.05) is 22.6 Å². The number of halogens is 1. The zero-order valence-electron chi connectivity index (χ0n) is 17.5. The number of imide groups is 1. The number of benzene rings is 1. The van der Waals surface area contributed by atoms with Crippen LogP contribution in [0.15, 0.2) is 34.4 Å². The largest absolute Gasteiger partial charge is 0.490 e. The van der Waals surface area contributed by atoms with Crippen molar-refractivity contribution in [1.29, 1.82) is 0 Å². The number of furan rings is 1. The summed E-state index contributed by atoms with van der Waals surface area (Å²) in [5.74, 6) is -1.63. The molecule has 1 aromatic heterocycles. The number of rotatable bonds is 9. The highest BCUT2D eigenvalue weighted by molar-refractivity contribution is 14.1. The van der Waals surface area contributed by atoms with Crippen LogP contribution < -0.4 is 14.8 Å². The van der Waals surface area contributed by atoms with Crippen LogP contribution in [0.3, 0.4) is 0 Å². The molecule has 0 aliphatic carbocycles. The molecule has 0 saturated carbocycles. The molecular weight excluding hydrogens is 551 g/mol. The van der Waals surface area contributed by atoms with Gasteiger partial charge in [0.1, 0.15) is 11.5 Å². The van der Waals surface area contributed by atoms with E-state index >= 15 is 0 Å². The van der Waals surface area contributed by atoms with E-state index in [9.17, 15) is 19.2 Å². The van der Waals surface area contributed by atoms with Crippen LogP contribution in [0.5, 0.6) is 11.5 Å². The highest BCUT2D eigenvalue weighted by Crippen LogP contribution is 2.35. The van der Waals surface area contributed by atoms with Crippen LogP contribution in [-0.4, -0.2) is 54.2 Å². The number of carbonyl (C=O) groups is 4. The van der Waals surface area contributed by atoms with E-state index in [2.05, 4.69) is 10.1 Å². The molecule has 3 amide bonds.